The lowest BCUT2D eigenvalue weighted by Crippen LogP contribution is -2.38. The predicted octanol–water partition coefficient (Wildman–Crippen LogP) is 4.61. The fourth-order valence-corrected chi connectivity index (χ4v) is 2.52. The number of hydrogen-bond donors (Lipinski definition) is 2. The third kappa shape index (κ3) is 6.67. The van der Waals surface area contributed by atoms with Crippen LogP contribution in [0.3, 0.4) is 0 Å². The maximum atomic E-state index is 12.9. The summed E-state index contributed by atoms with van der Waals surface area (Å²) in [5, 5.41) is 2.07. The van der Waals surface area contributed by atoms with Gasteiger partial charge in [-0.3, -0.25) is 4.79 Å². The fraction of sp³-hybridized carbons (Fsp3) is 0.222. The zero-order valence-electron chi connectivity index (χ0n) is 15.6. The van der Waals surface area contributed by atoms with Crippen molar-refractivity contribution in [2.45, 2.75) is 25.3 Å². The Morgan fingerprint density at radius 2 is 1.77 bits per heavy atom. The molecule has 2 aromatic rings. The van der Waals surface area contributed by atoms with E-state index in [2.05, 4.69) is 20.3 Å². The Kier molecular flexibility index (Phi) is 7.26. The third-order valence-electron chi connectivity index (χ3n) is 3.73. The molecule has 0 radical (unpaired) electrons. The van der Waals surface area contributed by atoms with Crippen LogP contribution in [0, 0.1) is 0 Å². The summed E-state index contributed by atoms with van der Waals surface area (Å²) in [4.78, 5) is 23.6. The summed E-state index contributed by atoms with van der Waals surface area (Å²) >= 11 is 5.67. The molecule has 1 aromatic carbocycles. The van der Waals surface area contributed by atoms with Crippen LogP contribution in [0.1, 0.15) is 28.4 Å². The first-order valence-electron chi connectivity index (χ1n) is 8.36. The van der Waals surface area contributed by atoms with Crippen molar-refractivity contribution in [2.75, 3.05) is 0 Å². The normalized spacial score (nSPS) is 14.0. The topological polar surface area (TPSA) is 92.7 Å². The number of aromatic nitrogens is 1. The molecular formula is C18H14ClF6N5O. The van der Waals surface area contributed by atoms with Crippen LogP contribution in [-0.4, -0.2) is 29.1 Å². The molecule has 31 heavy (non-hydrogen) atoms. The van der Waals surface area contributed by atoms with E-state index in [1.807, 2.05) is 0 Å². The van der Waals surface area contributed by atoms with E-state index in [9.17, 15) is 31.1 Å². The van der Waals surface area contributed by atoms with Crippen LogP contribution in [-0.2, 0) is 12.4 Å². The predicted molar refractivity (Wildman–Crippen MR) is 102 cm³/mol. The number of hydrogen-bond acceptors (Lipinski definition) is 3. The molecule has 0 bridgehead atoms. The van der Waals surface area contributed by atoms with Gasteiger partial charge in [-0.25, -0.2) is 15.0 Å². The van der Waals surface area contributed by atoms with Gasteiger partial charge in [0.1, 0.15) is 0 Å². The first kappa shape index (κ1) is 24.1. The molecule has 6 nitrogen and oxygen atoms in total. The standard InChI is InChI=1S/C18H14ClF6N5O/c1-9(29-16(31)10-4-12(18(23,24)25)6-13(19)5-10)15(28-8-26)30-14-3-2-11(7-27-14)17(20,21)22/h2-9H,1H3,(H,29,31)(H2,26,27,28,30)/t9-/m0/s1. The number of halogens is 7. The molecule has 1 amide bonds. The summed E-state index contributed by atoms with van der Waals surface area (Å²) in [6.45, 7) is 1.39. The molecule has 0 aliphatic carbocycles. The Balaban J connectivity index is 2.26. The Morgan fingerprint density at radius 1 is 1.13 bits per heavy atom. The van der Waals surface area contributed by atoms with E-state index < -0.39 is 35.4 Å². The average Bonchev–Trinajstić information content (AvgIpc) is 2.66. The molecule has 13 heteroatoms. The first-order chi connectivity index (χ1) is 14.3. The van der Waals surface area contributed by atoms with Gasteiger partial charge in [0.25, 0.3) is 5.91 Å². The number of benzene rings is 1. The lowest BCUT2D eigenvalue weighted by molar-refractivity contribution is -0.138. The van der Waals surface area contributed by atoms with Crippen LogP contribution in [0.2, 0.25) is 5.02 Å². The maximum absolute atomic E-state index is 12.9. The Bertz CT molecular complexity index is 1000. The monoisotopic (exact) mass is 465 g/mol. The highest BCUT2D eigenvalue weighted by atomic mass is 35.5. The van der Waals surface area contributed by atoms with Crippen LogP contribution < -0.4 is 11.1 Å². The van der Waals surface area contributed by atoms with Crippen molar-refractivity contribution in [1.29, 1.82) is 0 Å². The van der Waals surface area contributed by atoms with Crippen molar-refractivity contribution >= 4 is 35.5 Å². The molecule has 3 N–H and O–H groups in total. The number of carbonyl (C=O) groups excluding carboxylic acids is 1. The summed E-state index contributed by atoms with van der Waals surface area (Å²) in [5.74, 6) is -1.22. The zero-order valence-corrected chi connectivity index (χ0v) is 16.3. The number of pyridine rings is 1. The summed E-state index contributed by atoms with van der Waals surface area (Å²) < 4.78 is 76.7. The summed E-state index contributed by atoms with van der Waals surface area (Å²) in [5.41, 5.74) is 2.77. The number of carbonyl (C=O) groups is 1. The van der Waals surface area contributed by atoms with E-state index in [0.717, 1.165) is 24.5 Å². The van der Waals surface area contributed by atoms with Gasteiger partial charge in [-0.05, 0) is 37.3 Å². The second kappa shape index (κ2) is 9.33. The SMILES string of the molecule is C[C@H](NC(=O)c1cc(Cl)cc(C(F)(F)F)c1)C(N=CN)=Nc1ccc(C(F)(F)F)cn1. The molecule has 0 saturated carbocycles. The molecular weight excluding hydrogens is 452 g/mol. The molecule has 0 unspecified atom stereocenters. The number of nitrogens with one attached hydrogen (secondary N) is 1. The van der Waals surface area contributed by atoms with Gasteiger partial charge in [0.15, 0.2) is 11.7 Å². The van der Waals surface area contributed by atoms with E-state index in [1.54, 1.807) is 0 Å². The lowest BCUT2D eigenvalue weighted by atomic mass is 10.1. The Labute approximate surface area is 176 Å². The number of amidine groups is 1. The van der Waals surface area contributed by atoms with Crippen molar-refractivity contribution in [2.24, 2.45) is 15.7 Å². The highest BCUT2D eigenvalue weighted by Crippen LogP contribution is 2.32. The van der Waals surface area contributed by atoms with Crippen LogP contribution in [0.25, 0.3) is 0 Å². The van der Waals surface area contributed by atoms with Crippen molar-refractivity contribution in [1.82, 2.24) is 10.3 Å². The maximum Gasteiger partial charge on any atom is 0.417 e. The van der Waals surface area contributed by atoms with Crippen LogP contribution >= 0.6 is 11.6 Å². The van der Waals surface area contributed by atoms with Gasteiger partial charge in [-0.15, -0.1) is 0 Å². The highest BCUT2D eigenvalue weighted by Gasteiger charge is 2.32. The molecule has 1 heterocycles. The van der Waals surface area contributed by atoms with Crippen molar-refractivity contribution in [3.05, 3.63) is 58.2 Å². The quantitative estimate of drug-likeness (QED) is 0.392. The lowest BCUT2D eigenvalue weighted by Gasteiger charge is -2.15. The van der Waals surface area contributed by atoms with Crippen LogP contribution in [0.5, 0.6) is 0 Å². The zero-order chi connectivity index (χ0) is 23.4. The molecule has 1 atom stereocenters. The minimum absolute atomic E-state index is 0.152. The van der Waals surface area contributed by atoms with E-state index in [4.69, 9.17) is 17.3 Å². The molecule has 0 aliphatic heterocycles. The minimum Gasteiger partial charge on any atom is -0.390 e. The van der Waals surface area contributed by atoms with Crippen LogP contribution in [0.4, 0.5) is 32.2 Å². The molecule has 1 aromatic heterocycles. The van der Waals surface area contributed by atoms with Gasteiger partial charge in [-0.1, -0.05) is 11.6 Å². The highest BCUT2D eigenvalue weighted by molar-refractivity contribution is 6.31. The molecule has 2 rings (SSSR count). The van der Waals surface area contributed by atoms with Gasteiger partial charge in [-0.2, -0.15) is 26.3 Å². The fourth-order valence-electron chi connectivity index (χ4n) is 2.28. The van der Waals surface area contributed by atoms with Gasteiger partial charge in [0.2, 0.25) is 0 Å². The third-order valence-corrected chi connectivity index (χ3v) is 3.95. The van der Waals surface area contributed by atoms with Gasteiger partial charge < -0.3 is 11.1 Å². The number of alkyl halides is 6. The number of aliphatic imine (C=N–C) groups is 2. The van der Waals surface area contributed by atoms with E-state index in [-0.39, 0.29) is 22.2 Å². The molecule has 0 saturated heterocycles. The van der Waals surface area contributed by atoms with Crippen molar-refractivity contribution in [3.63, 3.8) is 0 Å². The first-order valence-corrected chi connectivity index (χ1v) is 8.74. The second-order valence-electron chi connectivity index (χ2n) is 6.07. The summed E-state index contributed by atoms with van der Waals surface area (Å²) in [6, 6.07) is 3.07. The smallest absolute Gasteiger partial charge is 0.390 e. The van der Waals surface area contributed by atoms with Crippen molar-refractivity contribution < 1.29 is 31.1 Å². The molecule has 166 valence electrons. The van der Waals surface area contributed by atoms with Crippen molar-refractivity contribution in [3.8, 4) is 0 Å². The minimum atomic E-state index is -4.71. The number of nitrogens with zero attached hydrogens (tertiary/aromatic N) is 3. The number of rotatable bonds is 4. The molecule has 0 aliphatic rings. The van der Waals surface area contributed by atoms with E-state index in [1.165, 1.54) is 6.92 Å². The van der Waals surface area contributed by atoms with Crippen LogP contribution in [0.15, 0.2) is 46.5 Å². The molecule has 0 fully saturated rings. The Hall–Kier alpha value is -3.15. The summed E-state index contributed by atoms with van der Waals surface area (Å²) in [6.07, 6.45) is -7.90. The Morgan fingerprint density at radius 3 is 2.29 bits per heavy atom. The van der Waals surface area contributed by atoms with Gasteiger partial charge in [0, 0.05) is 16.8 Å². The average molecular weight is 466 g/mol. The van der Waals surface area contributed by atoms with E-state index in [0.29, 0.717) is 18.3 Å². The van der Waals surface area contributed by atoms with Gasteiger partial charge in [0.05, 0.1) is 23.5 Å². The number of nitrogens with two attached hydrogens (primary N) is 1. The van der Waals surface area contributed by atoms with E-state index >= 15 is 0 Å². The largest absolute Gasteiger partial charge is 0.417 e. The second-order valence-corrected chi connectivity index (χ2v) is 6.51. The van der Waals surface area contributed by atoms with Gasteiger partial charge >= 0.3 is 12.4 Å². The molecule has 0 spiro atoms. The number of amides is 1. The summed E-state index contributed by atoms with van der Waals surface area (Å²) in [7, 11) is 0.